The average Bonchev–Trinajstić information content (AvgIpc) is 2.97. The molecule has 202 valence electrons. The van der Waals surface area contributed by atoms with Gasteiger partial charge < -0.3 is 16.0 Å². The van der Waals surface area contributed by atoms with Crippen LogP contribution >= 0.6 is 11.8 Å². The van der Waals surface area contributed by atoms with Crippen LogP contribution in [0.5, 0.6) is 0 Å². The van der Waals surface area contributed by atoms with Gasteiger partial charge in [0.15, 0.2) is 0 Å². The molecule has 0 aromatic heterocycles. The Kier molecular flexibility index (Phi) is 9.91. The Morgan fingerprint density at radius 1 is 0.725 bits per heavy atom. The van der Waals surface area contributed by atoms with Crippen LogP contribution in [0.3, 0.4) is 0 Å². The summed E-state index contributed by atoms with van der Waals surface area (Å²) in [6, 6.07) is 33.2. The molecular formula is C33H31N3O3S. The minimum absolute atomic E-state index is 0.0982. The Bertz CT molecular complexity index is 1470. The Labute approximate surface area is 238 Å². The third kappa shape index (κ3) is 8.44. The Morgan fingerprint density at radius 3 is 1.95 bits per heavy atom. The van der Waals surface area contributed by atoms with Crippen LogP contribution in [-0.4, -0.2) is 23.5 Å². The number of hydrogen-bond donors (Lipinski definition) is 3. The second-order valence-corrected chi connectivity index (χ2v) is 10.4. The first kappa shape index (κ1) is 28.4. The molecule has 4 aromatic rings. The van der Waals surface area contributed by atoms with E-state index in [4.69, 9.17) is 0 Å². The molecular weight excluding hydrogens is 518 g/mol. The van der Waals surface area contributed by atoms with E-state index in [1.54, 1.807) is 42.5 Å². The van der Waals surface area contributed by atoms with Crippen molar-refractivity contribution in [2.24, 2.45) is 0 Å². The molecule has 6 nitrogen and oxygen atoms in total. The van der Waals surface area contributed by atoms with Crippen molar-refractivity contribution < 1.29 is 14.4 Å². The number of carbonyl (C=O) groups is 3. The van der Waals surface area contributed by atoms with E-state index in [-0.39, 0.29) is 23.3 Å². The zero-order chi connectivity index (χ0) is 28.3. The molecule has 0 aliphatic rings. The van der Waals surface area contributed by atoms with Crippen LogP contribution in [-0.2, 0) is 9.59 Å². The van der Waals surface area contributed by atoms with Crippen molar-refractivity contribution in [2.75, 3.05) is 16.4 Å². The van der Waals surface area contributed by atoms with Crippen molar-refractivity contribution in [1.82, 2.24) is 5.32 Å². The van der Waals surface area contributed by atoms with Gasteiger partial charge in [0.25, 0.3) is 11.8 Å². The zero-order valence-corrected chi connectivity index (χ0v) is 23.2. The maximum absolute atomic E-state index is 13.3. The number of para-hydroxylation sites is 1. The first-order valence-electron chi connectivity index (χ1n) is 12.9. The van der Waals surface area contributed by atoms with Gasteiger partial charge in [-0.15, -0.1) is 11.8 Å². The number of benzene rings is 4. The van der Waals surface area contributed by atoms with Gasteiger partial charge in [-0.25, -0.2) is 0 Å². The molecule has 3 amide bonds. The largest absolute Gasteiger partial charge is 0.325 e. The molecule has 0 radical (unpaired) electrons. The standard InChI is InChI=1S/C33H31N3O3S/c1-23(2)25-15-13-24(14-16-25)21-30(36-32(38)26-9-5-3-6-10-26)33(39)35-28-17-19-29(20-18-28)40-22-31(37)34-27-11-7-4-8-12-27/h3-21,23H,22H2,1-2H3,(H,34,37)(H,35,39)(H,36,38)/b30-21-. The van der Waals surface area contributed by atoms with E-state index in [1.807, 2.05) is 72.8 Å². The van der Waals surface area contributed by atoms with E-state index in [9.17, 15) is 14.4 Å². The molecule has 0 aliphatic heterocycles. The van der Waals surface area contributed by atoms with Crippen LogP contribution < -0.4 is 16.0 Å². The Hall–Kier alpha value is -4.62. The number of rotatable bonds is 10. The molecule has 0 unspecified atom stereocenters. The van der Waals surface area contributed by atoms with Gasteiger partial charge in [0.2, 0.25) is 5.91 Å². The quantitative estimate of drug-likeness (QED) is 0.148. The number of amides is 3. The SMILES string of the molecule is CC(C)c1ccc(/C=C(\NC(=O)c2ccccc2)C(=O)Nc2ccc(SCC(=O)Nc3ccccc3)cc2)cc1. The third-order valence-electron chi connectivity index (χ3n) is 5.98. The predicted octanol–water partition coefficient (Wildman–Crippen LogP) is 6.95. The zero-order valence-electron chi connectivity index (χ0n) is 22.4. The topological polar surface area (TPSA) is 87.3 Å². The van der Waals surface area contributed by atoms with Gasteiger partial charge in [0.05, 0.1) is 5.75 Å². The highest BCUT2D eigenvalue weighted by Gasteiger charge is 2.15. The lowest BCUT2D eigenvalue weighted by Gasteiger charge is -2.12. The lowest BCUT2D eigenvalue weighted by Crippen LogP contribution is -2.30. The predicted molar refractivity (Wildman–Crippen MR) is 163 cm³/mol. The molecule has 4 rings (SSSR count). The van der Waals surface area contributed by atoms with Crippen LogP contribution in [0.4, 0.5) is 11.4 Å². The van der Waals surface area contributed by atoms with Crippen molar-refractivity contribution in [1.29, 1.82) is 0 Å². The van der Waals surface area contributed by atoms with E-state index < -0.39 is 5.91 Å². The molecule has 0 saturated heterocycles. The Morgan fingerprint density at radius 2 is 1.32 bits per heavy atom. The number of nitrogens with one attached hydrogen (secondary N) is 3. The molecule has 3 N–H and O–H groups in total. The van der Waals surface area contributed by atoms with Gasteiger partial charge >= 0.3 is 0 Å². The van der Waals surface area contributed by atoms with Crippen molar-refractivity contribution in [3.05, 3.63) is 132 Å². The van der Waals surface area contributed by atoms with Crippen molar-refractivity contribution >= 4 is 46.9 Å². The minimum Gasteiger partial charge on any atom is -0.325 e. The van der Waals surface area contributed by atoms with Crippen molar-refractivity contribution in [3.63, 3.8) is 0 Å². The minimum atomic E-state index is -0.445. The summed E-state index contributed by atoms with van der Waals surface area (Å²) in [5.41, 5.74) is 3.88. The summed E-state index contributed by atoms with van der Waals surface area (Å²) in [4.78, 5) is 39.3. The molecule has 0 fully saturated rings. The molecule has 0 saturated carbocycles. The third-order valence-corrected chi connectivity index (χ3v) is 6.99. The molecule has 40 heavy (non-hydrogen) atoms. The van der Waals surface area contributed by atoms with E-state index in [0.29, 0.717) is 17.2 Å². The van der Waals surface area contributed by atoms with Gasteiger partial charge in [0.1, 0.15) is 5.70 Å². The Balaban J connectivity index is 1.43. The summed E-state index contributed by atoms with van der Waals surface area (Å²) in [6.45, 7) is 4.24. The summed E-state index contributed by atoms with van der Waals surface area (Å²) in [5.74, 6) is -0.271. The number of carbonyl (C=O) groups excluding carboxylic acids is 3. The highest BCUT2D eigenvalue weighted by molar-refractivity contribution is 8.00. The van der Waals surface area contributed by atoms with Crippen LogP contribution in [0.2, 0.25) is 0 Å². The molecule has 0 bridgehead atoms. The van der Waals surface area contributed by atoms with Crippen molar-refractivity contribution in [2.45, 2.75) is 24.7 Å². The fourth-order valence-electron chi connectivity index (χ4n) is 3.79. The molecule has 7 heteroatoms. The first-order valence-corrected chi connectivity index (χ1v) is 13.9. The van der Waals surface area contributed by atoms with E-state index >= 15 is 0 Å². The first-order chi connectivity index (χ1) is 19.4. The fraction of sp³-hybridized carbons (Fsp3) is 0.121. The summed E-state index contributed by atoms with van der Waals surface area (Å²) in [7, 11) is 0. The number of hydrogen-bond acceptors (Lipinski definition) is 4. The fourth-order valence-corrected chi connectivity index (χ4v) is 4.49. The smallest absolute Gasteiger partial charge is 0.272 e. The van der Waals surface area contributed by atoms with E-state index in [0.717, 1.165) is 16.1 Å². The van der Waals surface area contributed by atoms with Gasteiger partial charge in [-0.3, -0.25) is 14.4 Å². The van der Waals surface area contributed by atoms with Crippen LogP contribution in [0.15, 0.2) is 120 Å². The van der Waals surface area contributed by atoms with Crippen LogP contribution in [0, 0.1) is 0 Å². The lowest BCUT2D eigenvalue weighted by atomic mass is 10.0. The number of thioether (sulfide) groups is 1. The van der Waals surface area contributed by atoms with Gasteiger partial charge in [0, 0.05) is 21.8 Å². The number of anilines is 2. The normalized spacial score (nSPS) is 11.1. The van der Waals surface area contributed by atoms with Crippen LogP contribution in [0.25, 0.3) is 6.08 Å². The van der Waals surface area contributed by atoms with Crippen LogP contribution in [0.1, 0.15) is 41.3 Å². The second kappa shape index (κ2) is 14.0. The summed E-state index contributed by atoms with van der Waals surface area (Å²) in [5, 5.41) is 8.49. The monoisotopic (exact) mass is 549 g/mol. The lowest BCUT2D eigenvalue weighted by molar-refractivity contribution is -0.114. The maximum Gasteiger partial charge on any atom is 0.272 e. The van der Waals surface area contributed by atoms with Crippen molar-refractivity contribution in [3.8, 4) is 0 Å². The second-order valence-electron chi connectivity index (χ2n) is 9.38. The van der Waals surface area contributed by atoms with E-state index in [1.165, 1.54) is 17.3 Å². The van der Waals surface area contributed by atoms with Gasteiger partial charge in [-0.2, -0.15) is 0 Å². The summed E-state index contributed by atoms with van der Waals surface area (Å²) >= 11 is 1.40. The highest BCUT2D eigenvalue weighted by atomic mass is 32.2. The maximum atomic E-state index is 13.3. The molecule has 0 spiro atoms. The molecule has 0 aliphatic carbocycles. The summed E-state index contributed by atoms with van der Waals surface area (Å²) < 4.78 is 0. The highest BCUT2D eigenvalue weighted by Crippen LogP contribution is 2.22. The van der Waals surface area contributed by atoms with Gasteiger partial charge in [-0.1, -0.05) is 74.5 Å². The van der Waals surface area contributed by atoms with E-state index in [2.05, 4.69) is 29.8 Å². The van der Waals surface area contributed by atoms with Gasteiger partial charge in [-0.05, 0) is 71.7 Å². The average molecular weight is 550 g/mol. The molecule has 4 aromatic carbocycles. The summed E-state index contributed by atoms with van der Waals surface area (Å²) in [6.07, 6.45) is 1.66. The molecule has 0 heterocycles. The molecule has 0 atom stereocenters.